The van der Waals surface area contributed by atoms with Gasteiger partial charge in [-0.1, -0.05) is 52.5 Å². The van der Waals surface area contributed by atoms with Gasteiger partial charge in [-0.05, 0) is 85.4 Å². The molecule has 0 fully saturated rings. The van der Waals surface area contributed by atoms with E-state index in [0.29, 0.717) is 23.7 Å². The maximum atomic E-state index is 13.8. The molecule has 2 heterocycles. The van der Waals surface area contributed by atoms with E-state index in [0.717, 1.165) is 40.8 Å². The fraction of sp³-hybridized carbons (Fsp3) is 0.419. The van der Waals surface area contributed by atoms with E-state index >= 15 is 0 Å². The summed E-state index contributed by atoms with van der Waals surface area (Å²) in [6.45, 7) is 17.2. The summed E-state index contributed by atoms with van der Waals surface area (Å²) >= 11 is 0. The zero-order valence-electron chi connectivity index (χ0n) is 22.5. The summed E-state index contributed by atoms with van der Waals surface area (Å²) in [6, 6.07) is 4.49. The Morgan fingerprint density at radius 1 is 1.22 bits per heavy atom. The van der Waals surface area contributed by atoms with E-state index in [1.54, 1.807) is 6.07 Å². The highest BCUT2D eigenvalue weighted by molar-refractivity contribution is 6.02. The lowest BCUT2D eigenvalue weighted by atomic mass is 9.81. The minimum absolute atomic E-state index is 0.00101. The second-order valence-corrected chi connectivity index (χ2v) is 9.79. The number of rotatable bonds is 10. The number of carbonyl (C=O) groups is 1. The molecular formula is C31H39FN2O2. The molecule has 5 heteroatoms. The molecule has 0 saturated carbocycles. The van der Waals surface area contributed by atoms with Crippen LogP contribution in [0.4, 0.5) is 4.39 Å². The summed E-state index contributed by atoms with van der Waals surface area (Å²) in [5.74, 6) is 0.485. The van der Waals surface area contributed by atoms with Crippen LogP contribution in [0.25, 0.3) is 5.57 Å². The molecule has 1 aromatic carbocycles. The topological polar surface area (TPSA) is 55.0 Å². The molecule has 1 aliphatic rings. The van der Waals surface area contributed by atoms with Crippen molar-refractivity contribution in [3.8, 4) is 5.75 Å². The third-order valence-electron chi connectivity index (χ3n) is 7.41. The number of hydrogen-bond acceptors (Lipinski definition) is 3. The third kappa shape index (κ3) is 5.95. The van der Waals surface area contributed by atoms with Crippen LogP contribution in [0.2, 0.25) is 0 Å². The van der Waals surface area contributed by atoms with E-state index in [2.05, 4.69) is 50.5 Å². The van der Waals surface area contributed by atoms with Crippen LogP contribution < -0.4 is 4.74 Å². The van der Waals surface area contributed by atoms with Gasteiger partial charge in [0.1, 0.15) is 11.6 Å². The summed E-state index contributed by atoms with van der Waals surface area (Å²) in [7, 11) is 0. The van der Waals surface area contributed by atoms with Crippen molar-refractivity contribution in [1.82, 2.24) is 10.2 Å². The summed E-state index contributed by atoms with van der Waals surface area (Å²) in [5, 5.41) is 7.26. The van der Waals surface area contributed by atoms with Crippen LogP contribution >= 0.6 is 0 Å². The molecule has 0 saturated heterocycles. The Hall–Kier alpha value is -3.21. The Morgan fingerprint density at radius 2 is 1.94 bits per heavy atom. The molecule has 0 aliphatic carbocycles. The number of nitrogens with one attached hydrogen (secondary N) is 1. The number of H-pyrrole nitrogens is 1. The third-order valence-corrected chi connectivity index (χ3v) is 7.41. The number of aromatic nitrogens is 2. The van der Waals surface area contributed by atoms with Gasteiger partial charge in [-0.25, -0.2) is 4.39 Å². The molecule has 0 radical (unpaired) electrons. The first-order valence-electron chi connectivity index (χ1n) is 12.9. The van der Waals surface area contributed by atoms with Crippen LogP contribution in [0.1, 0.15) is 64.3 Å². The average molecular weight is 491 g/mol. The Labute approximate surface area is 215 Å². The van der Waals surface area contributed by atoms with Gasteiger partial charge in [0.15, 0.2) is 5.78 Å². The monoisotopic (exact) mass is 490 g/mol. The number of carbonyl (C=O) groups excluding carboxylic acids is 1. The molecule has 3 rings (SSSR count). The fourth-order valence-corrected chi connectivity index (χ4v) is 4.62. The molecule has 192 valence electrons. The summed E-state index contributed by atoms with van der Waals surface area (Å²) < 4.78 is 19.7. The first-order valence-corrected chi connectivity index (χ1v) is 12.9. The molecule has 1 N–H and O–H groups in total. The number of halogens is 1. The Balaban J connectivity index is 2.03. The van der Waals surface area contributed by atoms with Gasteiger partial charge in [-0.2, -0.15) is 5.10 Å². The minimum atomic E-state index is -0.382. The Bertz CT molecular complexity index is 1200. The number of benzene rings is 1. The van der Waals surface area contributed by atoms with Gasteiger partial charge >= 0.3 is 0 Å². The molecule has 36 heavy (non-hydrogen) atoms. The highest BCUT2D eigenvalue weighted by atomic mass is 19.1. The van der Waals surface area contributed by atoms with Crippen molar-refractivity contribution < 1.29 is 13.9 Å². The number of hydrogen-bond donors (Lipinski definition) is 1. The Kier molecular flexibility index (Phi) is 9.25. The van der Waals surface area contributed by atoms with Crippen LogP contribution in [-0.2, 0) is 11.2 Å². The van der Waals surface area contributed by atoms with Gasteiger partial charge < -0.3 is 4.74 Å². The van der Waals surface area contributed by atoms with E-state index in [1.165, 1.54) is 17.7 Å². The highest BCUT2D eigenvalue weighted by Gasteiger charge is 2.30. The van der Waals surface area contributed by atoms with Crippen LogP contribution in [0.5, 0.6) is 5.75 Å². The predicted molar refractivity (Wildman–Crippen MR) is 145 cm³/mol. The maximum absolute atomic E-state index is 13.8. The molecule has 4 nitrogen and oxygen atoms in total. The summed E-state index contributed by atoms with van der Waals surface area (Å²) in [5.41, 5.74) is 6.43. The number of aromatic amines is 1. The van der Waals surface area contributed by atoms with E-state index < -0.39 is 0 Å². The number of nitrogens with zero attached hydrogens (tertiary/aromatic N) is 1. The molecule has 2 aromatic rings. The predicted octanol–water partition coefficient (Wildman–Crippen LogP) is 7.58. The zero-order chi connectivity index (χ0) is 26.4. The number of ether oxygens (including phenoxy) is 1. The number of fused-ring (bicyclic) bond motifs is 1. The lowest BCUT2D eigenvalue weighted by Crippen LogP contribution is -2.30. The highest BCUT2D eigenvalue weighted by Crippen LogP contribution is 2.34. The normalized spacial score (nSPS) is 18.3. The first kappa shape index (κ1) is 27.4. The maximum Gasteiger partial charge on any atom is 0.169 e. The molecule has 3 unspecified atom stereocenters. The van der Waals surface area contributed by atoms with Crippen molar-refractivity contribution in [2.45, 2.75) is 60.8 Å². The average Bonchev–Trinajstić information content (AvgIpc) is 3.31. The van der Waals surface area contributed by atoms with Crippen LogP contribution in [-0.4, -0.2) is 22.6 Å². The fourth-order valence-electron chi connectivity index (χ4n) is 4.62. The van der Waals surface area contributed by atoms with E-state index in [4.69, 9.17) is 4.74 Å². The van der Waals surface area contributed by atoms with Crippen molar-refractivity contribution in [1.29, 1.82) is 0 Å². The standard InChI is InChI=1S/C31H39FN2O2/c1-8-19(4)21(6)28(13-12-27(20(5)9-2)29-17-33-34-22(29)7)26(10-3)31(35)24-15-23-16-25(32)11-14-30(23)36-18-24/h10-14,16-17,19-20,24H,6,8-9,15,18H2,1-5,7H3,(H,33,34)/b26-10+,27-12+,28-13+. The second-order valence-electron chi connectivity index (χ2n) is 9.79. The van der Waals surface area contributed by atoms with Gasteiger partial charge in [0.2, 0.25) is 0 Å². The molecule has 1 aromatic heterocycles. The van der Waals surface area contributed by atoms with Crippen LogP contribution in [0.3, 0.4) is 0 Å². The molecular weight excluding hydrogens is 451 g/mol. The summed E-state index contributed by atoms with van der Waals surface area (Å²) in [6.07, 6.45) is 10.3. The largest absolute Gasteiger partial charge is 0.493 e. The van der Waals surface area contributed by atoms with Crippen LogP contribution in [0, 0.1) is 30.5 Å². The number of allylic oxidation sites excluding steroid dienone is 7. The van der Waals surface area contributed by atoms with Crippen LogP contribution in [0.15, 0.2) is 65.9 Å². The van der Waals surface area contributed by atoms with Crippen molar-refractivity contribution in [2.75, 3.05) is 6.61 Å². The van der Waals surface area contributed by atoms with Gasteiger partial charge in [0, 0.05) is 16.8 Å². The number of ketones is 1. The van der Waals surface area contributed by atoms with Crippen molar-refractivity contribution in [2.24, 2.45) is 17.8 Å². The lowest BCUT2D eigenvalue weighted by Gasteiger charge is -2.27. The van der Waals surface area contributed by atoms with Gasteiger partial charge in [-0.15, -0.1) is 0 Å². The van der Waals surface area contributed by atoms with Gasteiger partial charge in [0.05, 0.1) is 18.7 Å². The van der Waals surface area contributed by atoms with Gasteiger partial charge in [0.25, 0.3) is 0 Å². The van der Waals surface area contributed by atoms with E-state index in [1.807, 2.05) is 32.2 Å². The smallest absolute Gasteiger partial charge is 0.169 e. The van der Waals surface area contributed by atoms with Crippen molar-refractivity contribution >= 4 is 11.4 Å². The molecule has 0 bridgehead atoms. The molecule has 1 aliphatic heterocycles. The Morgan fingerprint density at radius 3 is 2.56 bits per heavy atom. The minimum Gasteiger partial charge on any atom is -0.493 e. The second kappa shape index (κ2) is 12.2. The van der Waals surface area contributed by atoms with Gasteiger partial charge in [-0.3, -0.25) is 9.89 Å². The molecule has 0 spiro atoms. The zero-order valence-corrected chi connectivity index (χ0v) is 22.5. The first-order chi connectivity index (χ1) is 17.2. The van der Waals surface area contributed by atoms with Crippen molar-refractivity contribution in [3.05, 3.63) is 88.6 Å². The lowest BCUT2D eigenvalue weighted by molar-refractivity contribution is -0.120. The number of Topliss-reactive ketones (excluding diaryl/α,β-unsaturated/α-hetero) is 1. The molecule has 0 amide bonds. The van der Waals surface area contributed by atoms with E-state index in [9.17, 15) is 9.18 Å². The molecule has 3 atom stereocenters. The summed E-state index contributed by atoms with van der Waals surface area (Å²) in [4.78, 5) is 13.8. The SMILES string of the molecule is C=C(C(=C\C=C(\c1cn[nH]c1C)C(C)CC)/C(=C\C)C(=O)C1COc2ccc(F)cc2C1)C(C)CC. The quantitative estimate of drug-likeness (QED) is 0.276. The number of aryl methyl sites for hydroxylation is 1. The van der Waals surface area contributed by atoms with E-state index in [-0.39, 0.29) is 30.0 Å². The van der Waals surface area contributed by atoms with Crippen molar-refractivity contribution in [3.63, 3.8) is 0 Å².